The average molecular weight is 508 g/mol. The van der Waals surface area contributed by atoms with E-state index in [-0.39, 0.29) is 11.3 Å². The third-order valence-corrected chi connectivity index (χ3v) is 9.52. The van der Waals surface area contributed by atoms with Crippen molar-refractivity contribution in [1.29, 1.82) is 0 Å². The van der Waals surface area contributed by atoms with Gasteiger partial charge in [0, 0.05) is 5.75 Å². The second-order valence-electron chi connectivity index (χ2n) is 6.10. The van der Waals surface area contributed by atoms with E-state index < -0.39 is 20.0 Å². The molecule has 2 aliphatic heterocycles. The Bertz CT molecular complexity index is 856. The molecule has 1 aromatic heterocycles. The van der Waals surface area contributed by atoms with Crippen molar-refractivity contribution in [3.05, 3.63) is 24.3 Å². The number of alkyl halides is 2. The lowest BCUT2D eigenvalue weighted by Crippen LogP contribution is -2.68. The number of halogens is 2. The third-order valence-electron chi connectivity index (χ3n) is 4.31. The van der Waals surface area contributed by atoms with Crippen molar-refractivity contribution in [1.82, 2.24) is 9.88 Å². The van der Waals surface area contributed by atoms with E-state index >= 15 is 0 Å². The van der Waals surface area contributed by atoms with Gasteiger partial charge in [-0.25, -0.2) is 9.78 Å². The number of carboxylic acids is 1. The van der Waals surface area contributed by atoms with Crippen molar-refractivity contribution in [2.24, 2.45) is 0 Å². The number of aliphatic carboxylic acids is 1. The number of nitrogens with zero attached hydrogens (tertiary/aromatic N) is 2. The molecule has 6 nitrogen and oxygen atoms in total. The molecule has 2 aliphatic rings. The molecular formula is C15H12Br2N2O4S2. The van der Waals surface area contributed by atoms with Crippen LogP contribution in [0.2, 0.25) is 0 Å². The van der Waals surface area contributed by atoms with Gasteiger partial charge < -0.3 is 14.4 Å². The van der Waals surface area contributed by atoms with Crippen molar-refractivity contribution >= 4 is 78.4 Å². The van der Waals surface area contributed by atoms with Crippen molar-refractivity contribution in [2.75, 3.05) is 5.75 Å². The van der Waals surface area contributed by atoms with E-state index in [0.717, 1.165) is 5.52 Å². The Balaban J connectivity index is 1.57. The molecular weight excluding hydrogens is 496 g/mol. The zero-order valence-corrected chi connectivity index (χ0v) is 17.6. The number of amides is 1. The largest absolute Gasteiger partial charge is 0.480 e. The van der Waals surface area contributed by atoms with Gasteiger partial charge >= 0.3 is 5.97 Å². The summed E-state index contributed by atoms with van der Waals surface area (Å²) in [6.45, 7) is 1.87. The first-order chi connectivity index (χ1) is 11.7. The summed E-state index contributed by atoms with van der Waals surface area (Å²) < 4.78 is 4.14. The van der Waals surface area contributed by atoms with Gasteiger partial charge in [0.05, 0.1) is 4.75 Å². The molecule has 0 aliphatic carbocycles. The molecule has 2 fully saturated rings. The SMILES string of the molecule is C[C@@]1(CSc2nc3ccccc3o2)S[C@H]2N(C(=O)C2(Br)Br)[C@H]1C(=O)O. The number of para-hydroxylation sites is 2. The summed E-state index contributed by atoms with van der Waals surface area (Å²) >= 11 is 9.56. The van der Waals surface area contributed by atoms with Gasteiger partial charge in [0.15, 0.2) is 8.82 Å². The first kappa shape index (κ1) is 17.7. The Morgan fingerprint density at radius 2 is 2.20 bits per heavy atom. The third kappa shape index (κ3) is 2.64. The van der Waals surface area contributed by atoms with Crippen molar-refractivity contribution in [2.45, 2.75) is 31.5 Å². The number of thioether (sulfide) groups is 2. The Kier molecular flexibility index (Phi) is 4.17. The molecule has 132 valence electrons. The van der Waals surface area contributed by atoms with E-state index in [1.165, 1.54) is 28.4 Å². The number of carboxylic acid groups (broad SMARTS) is 1. The number of carbonyl (C=O) groups is 2. The number of hydrogen-bond acceptors (Lipinski definition) is 6. The highest BCUT2D eigenvalue weighted by Crippen LogP contribution is 2.61. The lowest BCUT2D eigenvalue weighted by Gasteiger charge is -2.46. The number of rotatable bonds is 4. The summed E-state index contributed by atoms with van der Waals surface area (Å²) in [7, 11) is 0. The molecule has 2 saturated heterocycles. The van der Waals surface area contributed by atoms with Crippen LogP contribution in [-0.2, 0) is 9.59 Å². The standard InChI is InChI=1S/C15H12Br2N2O4S2/c1-14(6-24-13-18-7-4-2-3-5-8(7)23-13)9(10(20)21)19-11(22)15(16,17)12(19)25-14/h2-5,9,12H,6H2,1H3,(H,20,21)/t9-,12+,14-/m0/s1. The van der Waals surface area contributed by atoms with Crippen LogP contribution < -0.4 is 0 Å². The Hall–Kier alpha value is -0.710. The van der Waals surface area contributed by atoms with Gasteiger partial charge in [-0.05, 0) is 19.1 Å². The molecule has 3 heterocycles. The molecule has 2 aromatic rings. The number of fused-ring (bicyclic) bond motifs is 2. The summed E-state index contributed by atoms with van der Waals surface area (Å²) in [5, 5.41) is 9.91. The maximum absolute atomic E-state index is 12.3. The monoisotopic (exact) mass is 506 g/mol. The summed E-state index contributed by atoms with van der Waals surface area (Å²) in [5.41, 5.74) is 1.46. The smallest absolute Gasteiger partial charge is 0.327 e. The van der Waals surface area contributed by atoms with E-state index in [9.17, 15) is 14.7 Å². The van der Waals surface area contributed by atoms with Crippen LogP contribution in [0.15, 0.2) is 33.9 Å². The number of β-lactam (4-membered cyclic amide) rings is 1. The Morgan fingerprint density at radius 1 is 1.48 bits per heavy atom. The van der Waals surface area contributed by atoms with Crippen LogP contribution in [0.3, 0.4) is 0 Å². The zero-order chi connectivity index (χ0) is 18.0. The molecule has 3 atom stereocenters. The molecule has 0 unspecified atom stereocenters. The molecule has 1 amide bonds. The van der Waals surface area contributed by atoms with E-state index in [0.29, 0.717) is 16.6 Å². The first-order valence-electron chi connectivity index (χ1n) is 7.33. The highest BCUT2D eigenvalue weighted by atomic mass is 79.9. The summed E-state index contributed by atoms with van der Waals surface area (Å²) in [4.78, 5) is 30.0. The molecule has 25 heavy (non-hydrogen) atoms. The average Bonchev–Trinajstić information content (AvgIpc) is 3.10. The fraction of sp³-hybridized carbons (Fsp3) is 0.400. The van der Waals surface area contributed by atoms with Crippen LogP contribution in [0.4, 0.5) is 0 Å². The molecule has 1 N–H and O–H groups in total. The lowest BCUT2D eigenvalue weighted by atomic mass is 9.98. The number of benzene rings is 1. The second-order valence-corrected chi connectivity index (χ2v) is 12.2. The molecule has 4 rings (SSSR count). The quantitative estimate of drug-likeness (QED) is 0.385. The maximum atomic E-state index is 12.3. The van der Waals surface area contributed by atoms with Gasteiger partial charge in [-0.1, -0.05) is 55.8 Å². The molecule has 0 saturated carbocycles. The second kappa shape index (κ2) is 5.90. The molecule has 10 heteroatoms. The topological polar surface area (TPSA) is 83.6 Å². The highest BCUT2D eigenvalue weighted by molar-refractivity contribution is 9.26. The van der Waals surface area contributed by atoms with E-state index in [1.807, 2.05) is 31.2 Å². The van der Waals surface area contributed by atoms with E-state index in [1.54, 1.807) is 0 Å². The van der Waals surface area contributed by atoms with Crippen molar-refractivity contribution < 1.29 is 19.1 Å². The van der Waals surface area contributed by atoms with Crippen LogP contribution >= 0.6 is 55.4 Å². The number of hydrogen-bond donors (Lipinski definition) is 1. The van der Waals surface area contributed by atoms with Gasteiger partial charge in [0.1, 0.15) is 16.9 Å². The number of aromatic nitrogens is 1. The Labute approximate surface area is 168 Å². The minimum atomic E-state index is -1.00. The fourth-order valence-corrected chi connectivity index (χ4v) is 7.27. The minimum absolute atomic E-state index is 0.256. The number of oxazole rings is 1. The lowest BCUT2D eigenvalue weighted by molar-refractivity contribution is -0.157. The normalized spacial score (nSPS) is 30.4. The van der Waals surface area contributed by atoms with Gasteiger partial charge in [-0.15, -0.1) is 11.8 Å². The van der Waals surface area contributed by atoms with E-state index in [2.05, 4.69) is 36.8 Å². The van der Waals surface area contributed by atoms with Gasteiger partial charge in [0.2, 0.25) is 0 Å². The summed E-state index contributed by atoms with van der Waals surface area (Å²) in [5.74, 6) is -0.801. The maximum Gasteiger partial charge on any atom is 0.327 e. The minimum Gasteiger partial charge on any atom is -0.480 e. The molecule has 1 aromatic carbocycles. The van der Waals surface area contributed by atoms with Crippen LogP contribution in [0, 0.1) is 0 Å². The summed E-state index contributed by atoms with van der Waals surface area (Å²) in [6.07, 6.45) is 0. The van der Waals surface area contributed by atoms with Gasteiger partial charge in [-0.2, -0.15) is 0 Å². The van der Waals surface area contributed by atoms with Crippen LogP contribution in [0.5, 0.6) is 0 Å². The number of carbonyl (C=O) groups excluding carboxylic acids is 1. The van der Waals surface area contributed by atoms with Gasteiger partial charge in [-0.3, -0.25) is 4.79 Å². The molecule has 0 spiro atoms. The molecule has 0 bridgehead atoms. The molecule has 0 radical (unpaired) electrons. The van der Waals surface area contributed by atoms with Gasteiger partial charge in [0.25, 0.3) is 11.1 Å². The zero-order valence-electron chi connectivity index (χ0n) is 12.8. The van der Waals surface area contributed by atoms with Crippen molar-refractivity contribution in [3.8, 4) is 0 Å². The highest BCUT2D eigenvalue weighted by Gasteiger charge is 2.71. The predicted octanol–water partition coefficient (Wildman–Crippen LogP) is 3.53. The first-order valence-corrected chi connectivity index (χ1v) is 10.8. The van der Waals surface area contributed by atoms with Crippen LogP contribution in [-0.4, -0.2) is 52.0 Å². The fourth-order valence-electron chi connectivity index (χ4n) is 3.10. The van der Waals surface area contributed by atoms with E-state index in [4.69, 9.17) is 4.42 Å². The van der Waals surface area contributed by atoms with Crippen LogP contribution in [0.25, 0.3) is 11.1 Å². The summed E-state index contributed by atoms with van der Waals surface area (Å²) in [6, 6.07) is 6.57. The van der Waals surface area contributed by atoms with Crippen molar-refractivity contribution in [3.63, 3.8) is 0 Å². The van der Waals surface area contributed by atoms with Crippen LogP contribution in [0.1, 0.15) is 6.92 Å². The Morgan fingerprint density at radius 3 is 2.88 bits per heavy atom. The predicted molar refractivity (Wildman–Crippen MR) is 103 cm³/mol.